The zero-order valence-electron chi connectivity index (χ0n) is 22.3. The summed E-state index contributed by atoms with van der Waals surface area (Å²) in [6.45, 7) is 16.9. The number of carbonyl (C=O) groups is 3. The fourth-order valence-electron chi connectivity index (χ4n) is 4.45. The third kappa shape index (κ3) is 8.13. The number of rotatable bonds is 11. The lowest BCUT2D eigenvalue weighted by molar-refractivity contribution is -0.140. The van der Waals surface area contributed by atoms with Crippen LogP contribution in [0, 0.1) is 11.8 Å². The largest absolute Gasteiger partial charge is 0.463 e. The molecule has 0 bridgehead atoms. The highest BCUT2D eigenvalue weighted by Crippen LogP contribution is 2.22. The van der Waals surface area contributed by atoms with Crippen LogP contribution >= 0.6 is 0 Å². The maximum Gasteiger partial charge on any atom is 0.333 e. The third-order valence-corrected chi connectivity index (χ3v) is 6.73. The van der Waals surface area contributed by atoms with E-state index in [1.54, 1.807) is 31.9 Å². The topological polar surface area (TPSA) is 79.0 Å². The summed E-state index contributed by atoms with van der Waals surface area (Å²) in [6.07, 6.45) is 5.73. The fourth-order valence-corrected chi connectivity index (χ4v) is 4.45. The molecule has 7 nitrogen and oxygen atoms in total. The van der Waals surface area contributed by atoms with Gasteiger partial charge in [0, 0.05) is 18.7 Å². The summed E-state index contributed by atoms with van der Waals surface area (Å²) < 4.78 is 5.10. The SMILES string of the molecule is CCOC(=O)/C(C)=C/[C@H](C(C)C)N(C)C(=O)C(NC(=O)C1CCCCN1C(C)CC)C(C)C. The molecule has 1 rings (SSSR count). The van der Waals surface area contributed by atoms with Gasteiger partial charge in [-0.05, 0) is 58.4 Å². The Balaban J connectivity index is 3.07. The van der Waals surface area contributed by atoms with E-state index in [9.17, 15) is 14.4 Å². The van der Waals surface area contributed by atoms with Gasteiger partial charge in [0.1, 0.15) is 6.04 Å². The first kappa shape index (κ1) is 29.1. The Labute approximate surface area is 201 Å². The van der Waals surface area contributed by atoms with Crippen LogP contribution in [0.5, 0.6) is 0 Å². The minimum Gasteiger partial charge on any atom is -0.463 e. The van der Waals surface area contributed by atoms with Gasteiger partial charge in [-0.25, -0.2) is 4.79 Å². The Hall–Kier alpha value is -1.89. The van der Waals surface area contributed by atoms with Crippen LogP contribution in [-0.4, -0.2) is 72.0 Å². The van der Waals surface area contributed by atoms with Crippen molar-refractivity contribution in [2.75, 3.05) is 20.2 Å². The van der Waals surface area contributed by atoms with Crippen LogP contribution in [0.25, 0.3) is 0 Å². The van der Waals surface area contributed by atoms with Crippen molar-refractivity contribution in [2.24, 2.45) is 11.8 Å². The molecule has 0 aliphatic carbocycles. The van der Waals surface area contributed by atoms with Gasteiger partial charge in [0.2, 0.25) is 11.8 Å². The summed E-state index contributed by atoms with van der Waals surface area (Å²) in [7, 11) is 1.75. The second-order valence-electron chi connectivity index (χ2n) is 9.99. The lowest BCUT2D eigenvalue weighted by atomic mass is 9.95. The maximum absolute atomic E-state index is 13.5. The summed E-state index contributed by atoms with van der Waals surface area (Å²) in [5.41, 5.74) is 0.478. The van der Waals surface area contributed by atoms with Crippen LogP contribution in [0.4, 0.5) is 0 Å². The molecule has 1 N–H and O–H groups in total. The number of hydrogen-bond acceptors (Lipinski definition) is 5. The summed E-state index contributed by atoms with van der Waals surface area (Å²) in [6, 6.07) is -0.773. The fraction of sp³-hybridized carbons (Fsp3) is 0.808. The zero-order chi connectivity index (χ0) is 25.3. The molecule has 0 aromatic rings. The summed E-state index contributed by atoms with van der Waals surface area (Å²) >= 11 is 0. The first-order chi connectivity index (χ1) is 15.5. The summed E-state index contributed by atoms with van der Waals surface area (Å²) in [4.78, 5) is 42.9. The van der Waals surface area contributed by atoms with E-state index < -0.39 is 6.04 Å². The van der Waals surface area contributed by atoms with Crippen molar-refractivity contribution in [1.82, 2.24) is 15.1 Å². The smallest absolute Gasteiger partial charge is 0.333 e. The number of nitrogens with zero attached hydrogens (tertiary/aromatic N) is 2. The number of esters is 1. The molecule has 0 aromatic carbocycles. The molecule has 1 saturated heterocycles. The van der Waals surface area contributed by atoms with Crippen LogP contribution in [0.2, 0.25) is 0 Å². The molecular weight excluding hydrogens is 418 g/mol. The van der Waals surface area contributed by atoms with Gasteiger partial charge in [-0.2, -0.15) is 0 Å². The molecule has 1 fully saturated rings. The van der Waals surface area contributed by atoms with Gasteiger partial charge >= 0.3 is 5.97 Å². The number of piperidine rings is 1. The van der Waals surface area contributed by atoms with E-state index in [2.05, 4.69) is 24.1 Å². The predicted molar refractivity (Wildman–Crippen MR) is 133 cm³/mol. The van der Waals surface area contributed by atoms with E-state index in [-0.39, 0.29) is 41.7 Å². The average Bonchev–Trinajstić information content (AvgIpc) is 2.78. The highest BCUT2D eigenvalue weighted by atomic mass is 16.5. The number of carbonyl (C=O) groups excluding carboxylic acids is 3. The molecule has 0 radical (unpaired) electrons. The van der Waals surface area contributed by atoms with Gasteiger partial charge in [-0.15, -0.1) is 0 Å². The van der Waals surface area contributed by atoms with Crippen LogP contribution in [-0.2, 0) is 19.1 Å². The quantitative estimate of drug-likeness (QED) is 0.371. The molecular formula is C26H47N3O4. The molecule has 3 unspecified atom stereocenters. The van der Waals surface area contributed by atoms with Gasteiger partial charge < -0.3 is 15.0 Å². The number of hydrogen-bond donors (Lipinski definition) is 1. The van der Waals surface area contributed by atoms with Gasteiger partial charge in [-0.3, -0.25) is 14.5 Å². The minimum absolute atomic E-state index is 0.0604. The van der Waals surface area contributed by atoms with Gasteiger partial charge in [-0.1, -0.05) is 47.1 Å². The van der Waals surface area contributed by atoms with Crippen molar-refractivity contribution in [3.8, 4) is 0 Å². The third-order valence-electron chi connectivity index (χ3n) is 6.73. The van der Waals surface area contributed by atoms with E-state index in [1.165, 1.54) is 0 Å². The molecule has 7 heteroatoms. The molecule has 190 valence electrons. The molecule has 33 heavy (non-hydrogen) atoms. The van der Waals surface area contributed by atoms with E-state index in [1.807, 2.05) is 27.7 Å². The van der Waals surface area contributed by atoms with Crippen LogP contribution in [0.1, 0.15) is 81.1 Å². The number of amides is 2. The van der Waals surface area contributed by atoms with E-state index >= 15 is 0 Å². The zero-order valence-corrected chi connectivity index (χ0v) is 22.3. The average molecular weight is 466 g/mol. The van der Waals surface area contributed by atoms with Gasteiger partial charge in [0.25, 0.3) is 0 Å². The first-order valence-electron chi connectivity index (χ1n) is 12.6. The first-order valence-corrected chi connectivity index (χ1v) is 12.6. The number of ether oxygens (including phenoxy) is 1. The van der Waals surface area contributed by atoms with Crippen molar-refractivity contribution in [3.05, 3.63) is 11.6 Å². The van der Waals surface area contributed by atoms with Crippen molar-refractivity contribution >= 4 is 17.8 Å². The highest BCUT2D eigenvalue weighted by molar-refractivity contribution is 5.91. The lowest BCUT2D eigenvalue weighted by Gasteiger charge is -2.40. The standard InChI is InChI=1S/C26H47N3O4/c1-10-20(8)29-15-13-12-14-21(29)24(30)27-23(18(5)6)25(31)28(9)22(17(3)4)16-19(7)26(32)33-11-2/h16-18,20-23H,10-15H2,1-9H3,(H,27,30)/b19-16+/t20?,21?,22-,23?/m1/s1. The van der Waals surface area contributed by atoms with Crippen LogP contribution < -0.4 is 5.32 Å². The van der Waals surface area contributed by atoms with Crippen molar-refractivity contribution in [3.63, 3.8) is 0 Å². The molecule has 0 aromatic heterocycles. The summed E-state index contributed by atoms with van der Waals surface area (Å²) in [5, 5.41) is 3.08. The highest BCUT2D eigenvalue weighted by Gasteiger charge is 2.36. The second kappa shape index (κ2) is 13.7. The molecule has 1 aliphatic heterocycles. The van der Waals surface area contributed by atoms with E-state index in [4.69, 9.17) is 4.74 Å². The second-order valence-corrected chi connectivity index (χ2v) is 9.99. The van der Waals surface area contributed by atoms with Crippen LogP contribution in [0.3, 0.4) is 0 Å². The lowest BCUT2D eigenvalue weighted by Crippen LogP contribution is -2.59. The van der Waals surface area contributed by atoms with Crippen LogP contribution in [0.15, 0.2) is 11.6 Å². The maximum atomic E-state index is 13.5. The monoisotopic (exact) mass is 465 g/mol. The Morgan fingerprint density at radius 3 is 2.24 bits per heavy atom. The summed E-state index contributed by atoms with van der Waals surface area (Å²) in [5.74, 6) is -0.552. The Kier molecular flexibility index (Phi) is 12.1. The van der Waals surface area contributed by atoms with E-state index in [0.29, 0.717) is 18.2 Å². The Bertz CT molecular complexity index is 689. The Morgan fingerprint density at radius 1 is 1.09 bits per heavy atom. The minimum atomic E-state index is -0.624. The molecule has 4 atom stereocenters. The van der Waals surface area contributed by atoms with Crippen molar-refractivity contribution in [2.45, 2.75) is 105 Å². The van der Waals surface area contributed by atoms with E-state index in [0.717, 1.165) is 32.2 Å². The Morgan fingerprint density at radius 2 is 1.73 bits per heavy atom. The molecule has 0 saturated carbocycles. The molecule has 1 heterocycles. The van der Waals surface area contributed by atoms with Crippen molar-refractivity contribution in [1.29, 1.82) is 0 Å². The normalized spacial score (nSPS) is 20.3. The number of likely N-dealkylation sites (N-methyl/N-ethyl adjacent to an activating group) is 1. The molecule has 2 amide bonds. The number of likely N-dealkylation sites (tertiary alicyclic amines) is 1. The molecule has 1 aliphatic rings. The van der Waals surface area contributed by atoms with Crippen molar-refractivity contribution < 1.29 is 19.1 Å². The van der Waals surface area contributed by atoms with Gasteiger partial charge in [0.15, 0.2) is 0 Å². The predicted octanol–water partition coefficient (Wildman–Crippen LogP) is 3.77. The number of nitrogens with one attached hydrogen (secondary N) is 1. The molecule has 0 spiro atoms. The van der Waals surface area contributed by atoms with Gasteiger partial charge in [0.05, 0.1) is 18.7 Å².